The van der Waals surface area contributed by atoms with Crippen LogP contribution in [-0.4, -0.2) is 28.6 Å². The summed E-state index contributed by atoms with van der Waals surface area (Å²) < 4.78 is 6.25. The highest BCUT2D eigenvalue weighted by molar-refractivity contribution is 5.76. The van der Waals surface area contributed by atoms with Gasteiger partial charge in [-0.3, -0.25) is 14.2 Å². The Bertz CT molecular complexity index is 508. The van der Waals surface area contributed by atoms with Gasteiger partial charge in [0, 0.05) is 17.8 Å². The Kier molecular flexibility index (Phi) is 5.09. The van der Waals surface area contributed by atoms with Crippen LogP contribution in [0.5, 0.6) is 6.01 Å². The van der Waals surface area contributed by atoms with Gasteiger partial charge >= 0.3 is 0 Å². The van der Waals surface area contributed by atoms with Crippen LogP contribution < -0.4 is 15.6 Å². The number of nitrogens with one attached hydrogen (secondary N) is 1. The zero-order valence-corrected chi connectivity index (χ0v) is 12.1. The number of nitrogens with zero attached hydrogens (tertiary/aromatic N) is 2. The molecular weight excluding hydrogens is 246 g/mol. The molecule has 1 atom stereocenters. The van der Waals surface area contributed by atoms with Crippen LogP contribution in [0.2, 0.25) is 0 Å². The molecule has 106 valence electrons. The molecule has 1 unspecified atom stereocenters. The molecule has 0 saturated carbocycles. The van der Waals surface area contributed by atoms with Crippen LogP contribution in [0.25, 0.3) is 0 Å². The van der Waals surface area contributed by atoms with Crippen molar-refractivity contribution < 1.29 is 9.53 Å². The molecule has 0 radical (unpaired) electrons. The predicted molar refractivity (Wildman–Crippen MR) is 72.2 cm³/mol. The Morgan fingerprint density at radius 2 is 2.11 bits per heavy atom. The van der Waals surface area contributed by atoms with Crippen molar-refractivity contribution in [3.63, 3.8) is 0 Å². The number of ether oxygens (including phenoxy) is 1. The number of carbonyl (C=O) groups excluding carboxylic acids is 1. The first-order valence-electron chi connectivity index (χ1n) is 6.27. The standard InChI is InChI=1S/C13H21N3O3/c1-8(2)10(4)15-11(17)7-16-12(18)6-9(3)14-13(16)19-5/h6,8,10H,7H2,1-5H3,(H,15,17). The molecular formula is C13H21N3O3. The summed E-state index contributed by atoms with van der Waals surface area (Å²) >= 11 is 0. The van der Waals surface area contributed by atoms with E-state index in [1.165, 1.54) is 17.7 Å². The molecule has 1 amide bonds. The second-order valence-corrected chi connectivity index (χ2v) is 4.91. The molecule has 1 aromatic rings. The molecule has 6 nitrogen and oxygen atoms in total. The van der Waals surface area contributed by atoms with Gasteiger partial charge in [-0.1, -0.05) is 13.8 Å². The summed E-state index contributed by atoms with van der Waals surface area (Å²) in [5.41, 5.74) is 0.269. The lowest BCUT2D eigenvalue weighted by molar-refractivity contribution is -0.122. The van der Waals surface area contributed by atoms with E-state index in [2.05, 4.69) is 10.3 Å². The minimum atomic E-state index is -0.295. The number of hydrogen-bond donors (Lipinski definition) is 1. The third-order valence-corrected chi connectivity index (χ3v) is 2.97. The van der Waals surface area contributed by atoms with Crippen molar-refractivity contribution in [1.82, 2.24) is 14.9 Å². The molecule has 1 aromatic heterocycles. The van der Waals surface area contributed by atoms with Crippen molar-refractivity contribution in [2.45, 2.75) is 40.3 Å². The van der Waals surface area contributed by atoms with E-state index in [-0.39, 0.29) is 30.1 Å². The summed E-state index contributed by atoms with van der Waals surface area (Å²) in [6.07, 6.45) is 0. The molecule has 0 saturated heterocycles. The molecule has 19 heavy (non-hydrogen) atoms. The summed E-state index contributed by atoms with van der Waals surface area (Å²) in [6.45, 7) is 7.58. The smallest absolute Gasteiger partial charge is 0.299 e. The molecule has 0 aliphatic carbocycles. The normalized spacial score (nSPS) is 12.3. The second-order valence-electron chi connectivity index (χ2n) is 4.91. The lowest BCUT2D eigenvalue weighted by Gasteiger charge is -2.18. The average Bonchev–Trinajstić information content (AvgIpc) is 2.31. The molecule has 0 aliphatic rings. The Morgan fingerprint density at radius 3 is 2.63 bits per heavy atom. The highest BCUT2D eigenvalue weighted by Gasteiger charge is 2.14. The zero-order valence-electron chi connectivity index (χ0n) is 12.1. The van der Waals surface area contributed by atoms with Crippen LogP contribution in [0.1, 0.15) is 26.5 Å². The maximum atomic E-state index is 11.9. The van der Waals surface area contributed by atoms with Crippen LogP contribution >= 0.6 is 0 Å². The van der Waals surface area contributed by atoms with Gasteiger partial charge in [0.1, 0.15) is 6.54 Å². The molecule has 0 aliphatic heterocycles. The van der Waals surface area contributed by atoms with Gasteiger partial charge in [0.25, 0.3) is 11.6 Å². The van der Waals surface area contributed by atoms with Crippen LogP contribution in [0, 0.1) is 12.8 Å². The maximum Gasteiger partial charge on any atom is 0.299 e. The summed E-state index contributed by atoms with van der Waals surface area (Å²) in [5, 5.41) is 2.84. The first-order chi connectivity index (χ1) is 8.85. The minimum Gasteiger partial charge on any atom is -0.468 e. The predicted octanol–water partition coefficient (Wildman–Crippen LogP) is 0.721. The molecule has 1 rings (SSSR count). The summed E-state index contributed by atoms with van der Waals surface area (Å²) in [4.78, 5) is 27.8. The largest absolute Gasteiger partial charge is 0.468 e. The van der Waals surface area contributed by atoms with Gasteiger partial charge in [-0.2, -0.15) is 0 Å². The van der Waals surface area contributed by atoms with Gasteiger partial charge in [-0.15, -0.1) is 0 Å². The number of carbonyl (C=O) groups is 1. The quantitative estimate of drug-likeness (QED) is 0.853. The summed E-state index contributed by atoms with van der Waals surface area (Å²) in [6, 6.07) is 1.58. The highest BCUT2D eigenvalue weighted by Crippen LogP contribution is 2.05. The number of amides is 1. The highest BCUT2D eigenvalue weighted by atomic mass is 16.5. The van der Waals surface area contributed by atoms with Crippen LogP contribution in [0.4, 0.5) is 0 Å². The van der Waals surface area contributed by atoms with Crippen molar-refractivity contribution >= 4 is 5.91 Å². The van der Waals surface area contributed by atoms with E-state index in [1.807, 2.05) is 20.8 Å². The van der Waals surface area contributed by atoms with Gasteiger partial charge in [-0.25, -0.2) is 4.98 Å². The molecule has 0 fully saturated rings. The second kappa shape index (κ2) is 6.36. The van der Waals surface area contributed by atoms with Gasteiger partial charge in [0.05, 0.1) is 7.11 Å². The first kappa shape index (κ1) is 15.2. The maximum absolute atomic E-state index is 11.9. The van der Waals surface area contributed by atoms with Crippen molar-refractivity contribution in [2.24, 2.45) is 5.92 Å². The molecule has 0 bridgehead atoms. The van der Waals surface area contributed by atoms with Crippen molar-refractivity contribution in [3.8, 4) is 6.01 Å². The number of methoxy groups -OCH3 is 1. The van der Waals surface area contributed by atoms with E-state index >= 15 is 0 Å². The van der Waals surface area contributed by atoms with E-state index in [0.29, 0.717) is 11.6 Å². The van der Waals surface area contributed by atoms with E-state index in [1.54, 1.807) is 6.92 Å². The van der Waals surface area contributed by atoms with Gasteiger partial charge in [0.15, 0.2) is 0 Å². The van der Waals surface area contributed by atoms with Crippen LogP contribution in [0.3, 0.4) is 0 Å². The summed E-state index contributed by atoms with van der Waals surface area (Å²) in [7, 11) is 1.42. The topological polar surface area (TPSA) is 73.2 Å². The average molecular weight is 267 g/mol. The van der Waals surface area contributed by atoms with Crippen molar-refractivity contribution in [3.05, 3.63) is 22.1 Å². The molecule has 0 spiro atoms. The SMILES string of the molecule is COc1nc(C)cc(=O)n1CC(=O)NC(C)C(C)C. The zero-order chi connectivity index (χ0) is 14.6. The van der Waals surface area contributed by atoms with Gasteiger partial charge < -0.3 is 10.1 Å². The monoisotopic (exact) mass is 267 g/mol. The lowest BCUT2D eigenvalue weighted by atomic mass is 10.1. The Morgan fingerprint density at radius 1 is 1.47 bits per heavy atom. The van der Waals surface area contributed by atoms with Crippen molar-refractivity contribution in [2.75, 3.05) is 7.11 Å². The molecule has 1 N–H and O–H groups in total. The minimum absolute atomic E-state index is 0.0487. The van der Waals surface area contributed by atoms with Crippen LogP contribution in [-0.2, 0) is 11.3 Å². The van der Waals surface area contributed by atoms with Crippen molar-refractivity contribution in [1.29, 1.82) is 0 Å². The Balaban J connectivity index is 2.88. The third-order valence-electron chi connectivity index (χ3n) is 2.97. The number of aromatic nitrogens is 2. The number of aryl methyl sites for hydroxylation is 1. The van der Waals surface area contributed by atoms with E-state index < -0.39 is 0 Å². The number of rotatable bonds is 5. The first-order valence-corrected chi connectivity index (χ1v) is 6.27. The van der Waals surface area contributed by atoms with Crippen LogP contribution in [0.15, 0.2) is 10.9 Å². The third kappa shape index (κ3) is 4.08. The van der Waals surface area contributed by atoms with E-state index in [0.717, 1.165) is 0 Å². The van der Waals surface area contributed by atoms with E-state index in [9.17, 15) is 9.59 Å². The molecule has 6 heteroatoms. The molecule has 0 aromatic carbocycles. The number of hydrogen-bond acceptors (Lipinski definition) is 4. The van der Waals surface area contributed by atoms with Gasteiger partial charge in [0.2, 0.25) is 5.91 Å². The Hall–Kier alpha value is -1.85. The summed E-state index contributed by atoms with van der Waals surface area (Å²) in [5.74, 6) is 0.103. The van der Waals surface area contributed by atoms with Gasteiger partial charge in [-0.05, 0) is 19.8 Å². The van der Waals surface area contributed by atoms with E-state index in [4.69, 9.17) is 4.74 Å². The fourth-order valence-corrected chi connectivity index (χ4v) is 1.51. The molecule has 1 heterocycles. The Labute approximate surface area is 112 Å². The fourth-order valence-electron chi connectivity index (χ4n) is 1.51. The lowest BCUT2D eigenvalue weighted by Crippen LogP contribution is -2.40. The fraction of sp³-hybridized carbons (Fsp3) is 0.615.